The quantitative estimate of drug-likeness (QED) is 0.148. The highest BCUT2D eigenvalue weighted by Gasteiger charge is 2.18. The first-order valence-corrected chi connectivity index (χ1v) is 11.1. The minimum absolute atomic E-state index is 0.0854. The van der Waals surface area contributed by atoms with Crippen LogP contribution >= 0.6 is 0 Å². The summed E-state index contributed by atoms with van der Waals surface area (Å²) in [5.74, 6) is 1.08. The molecule has 2 aromatic heterocycles. The van der Waals surface area contributed by atoms with Crippen LogP contribution in [0.2, 0.25) is 0 Å². The molecule has 10 heteroatoms. The first-order valence-electron chi connectivity index (χ1n) is 11.1. The second-order valence-electron chi connectivity index (χ2n) is 7.87. The Morgan fingerprint density at radius 3 is 2.72 bits per heavy atom. The van der Waals surface area contributed by atoms with Crippen LogP contribution in [-0.2, 0) is 17.8 Å². The first kappa shape index (κ1) is 23.3. The van der Waals surface area contributed by atoms with E-state index in [4.69, 9.17) is 27.6 Å². The molecule has 32 heavy (non-hydrogen) atoms. The zero-order chi connectivity index (χ0) is 23.1. The second kappa shape index (κ2) is 10.8. The van der Waals surface area contributed by atoms with Gasteiger partial charge in [0.25, 0.3) is 0 Å². The molecular weight excluding hydrogens is 406 g/mol. The van der Waals surface area contributed by atoms with E-state index in [-0.39, 0.29) is 11.9 Å². The number of hydrogen-bond acceptors (Lipinski definition) is 6. The van der Waals surface area contributed by atoms with E-state index < -0.39 is 6.04 Å². The standard InChI is InChI=1S/C22H33N9O/c1-2-3-10-17-30-18-19(14-7-4-5-9-16(14)29-20(18)24)31(17)13-12-27-21(32)15(23)8-6-11-28-22(25)26/h4-5,7,9,15H,2-3,6,8,10-13,23H2,1H3,(H2,24,29)(H,27,32)(H4,25,26,28)/t15-/m0/s1. The number of rotatable bonds is 11. The molecule has 0 saturated heterocycles. The number of benzene rings is 1. The molecule has 10 nitrogen and oxygen atoms in total. The van der Waals surface area contributed by atoms with Gasteiger partial charge in [-0.25, -0.2) is 9.97 Å². The smallest absolute Gasteiger partial charge is 0.236 e. The molecule has 0 radical (unpaired) electrons. The summed E-state index contributed by atoms with van der Waals surface area (Å²) in [7, 11) is 0. The molecule has 0 unspecified atom stereocenters. The Hall–Kier alpha value is -3.40. The number of imidazole rings is 1. The second-order valence-corrected chi connectivity index (χ2v) is 7.87. The molecule has 0 saturated carbocycles. The van der Waals surface area contributed by atoms with Gasteiger partial charge in [0.15, 0.2) is 11.8 Å². The number of fused-ring (bicyclic) bond motifs is 3. The van der Waals surface area contributed by atoms with Crippen LogP contribution < -0.4 is 27.8 Å². The van der Waals surface area contributed by atoms with Gasteiger partial charge in [-0.15, -0.1) is 0 Å². The van der Waals surface area contributed by atoms with Crippen molar-refractivity contribution in [3.8, 4) is 0 Å². The molecule has 0 aliphatic heterocycles. The molecule has 0 fully saturated rings. The number of pyridine rings is 1. The number of para-hydroxylation sites is 1. The fourth-order valence-electron chi connectivity index (χ4n) is 3.77. The minimum Gasteiger partial charge on any atom is -0.382 e. The lowest BCUT2D eigenvalue weighted by molar-refractivity contribution is -0.122. The number of amides is 1. The number of aryl methyl sites for hydroxylation is 1. The van der Waals surface area contributed by atoms with Crippen LogP contribution in [0, 0.1) is 5.41 Å². The van der Waals surface area contributed by atoms with E-state index in [0.29, 0.717) is 43.8 Å². The molecule has 0 spiro atoms. The molecule has 0 aliphatic rings. The molecule has 1 aromatic carbocycles. The lowest BCUT2D eigenvalue weighted by Gasteiger charge is -2.14. The Labute approximate surface area is 187 Å². The number of anilines is 1. The van der Waals surface area contributed by atoms with E-state index in [1.807, 2.05) is 24.3 Å². The van der Waals surface area contributed by atoms with E-state index in [9.17, 15) is 4.79 Å². The van der Waals surface area contributed by atoms with Crippen LogP contribution in [0.3, 0.4) is 0 Å². The number of hydrogen-bond donors (Lipinski definition) is 6. The summed E-state index contributed by atoms with van der Waals surface area (Å²) >= 11 is 0. The van der Waals surface area contributed by atoms with Crippen LogP contribution in [0.5, 0.6) is 0 Å². The van der Waals surface area contributed by atoms with Crippen molar-refractivity contribution in [2.45, 2.75) is 51.6 Å². The number of nitrogens with zero attached hydrogens (tertiary/aromatic N) is 3. The average molecular weight is 440 g/mol. The number of guanidine groups is 1. The Morgan fingerprint density at radius 2 is 1.97 bits per heavy atom. The van der Waals surface area contributed by atoms with Crippen molar-refractivity contribution >= 4 is 39.6 Å². The number of carbonyl (C=O) groups is 1. The van der Waals surface area contributed by atoms with Crippen LogP contribution in [-0.4, -0.2) is 45.5 Å². The first-order chi connectivity index (χ1) is 15.4. The maximum absolute atomic E-state index is 12.4. The molecular formula is C22H33N9O. The van der Waals surface area contributed by atoms with Crippen molar-refractivity contribution in [3.63, 3.8) is 0 Å². The summed E-state index contributed by atoms with van der Waals surface area (Å²) in [6.45, 7) is 3.65. The molecule has 172 valence electrons. The van der Waals surface area contributed by atoms with E-state index >= 15 is 0 Å². The summed E-state index contributed by atoms with van der Waals surface area (Å²) in [6, 6.07) is 7.27. The van der Waals surface area contributed by atoms with Crippen molar-refractivity contribution in [2.24, 2.45) is 11.5 Å². The van der Waals surface area contributed by atoms with Gasteiger partial charge in [0.05, 0.1) is 17.1 Å². The molecule has 9 N–H and O–H groups in total. The predicted molar refractivity (Wildman–Crippen MR) is 128 cm³/mol. The third-order valence-electron chi connectivity index (χ3n) is 5.42. The Bertz CT molecular complexity index is 1090. The van der Waals surface area contributed by atoms with Gasteiger partial charge in [0, 0.05) is 31.4 Å². The summed E-state index contributed by atoms with van der Waals surface area (Å²) in [4.78, 5) is 21.7. The monoisotopic (exact) mass is 439 g/mol. The number of carbonyl (C=O) groups excluding carboxylic acids is 1. The van der Waals surface area contributed by atoms with E-state index in [1.54, 1.807) is 0 Å². The fourth-order valence-corrected chi connectivity index (χ4v) is 3.77. The highest BCUT2D eigenvalue weighted by molar-refractivity contribution is 6.06. The maximum Gasteiger partial charge on any atom is 0.236 e. The van der Waals surface area contributed by atoms with Crippen LogP contribution in [0.1, 0.15) is 38.4 Å². The number of aromatic nitrogens is 3. The Morgan fingerprint density at radius 1 is 1.19 bits per heavy atom. The Kier molecular flexibility index (Phi) is 7.82. The highest BCUT2D eigenvalue weighted by Crippen LogP contribution is 2.29. The van der Waals surface area contributed by atoms with Gasteiger partial charge < -0.3 is 32.4 Å². The van der Waals surface area contributed by atoms with Gasteiger partial charge in [0.1, 0.15) is 11.3 Å². The number of nitrogen functional groups attached to an aromatic ring is 1. The van der Waals surface area contributed by atoms with Crippen molar-refractivity contribution in [2.75, 3.05) is 18.8 Å². The van der Waals surface area contributed by atoms with Crippen LogP contribution in [0.25, 0.3) is 21.9 Å². The molecule has 0 aliphatic carbocycles. The maximum atomic E-state index is 12.4. The molecule has 3 aromatic rings. The average Bonchev–Trinajstić information content (AvgIpc) is 3.14. The lowest BCUT2D eigenvalue weighted by Crippen LogP contribution is -2.42. The largest absolute Gasteiger partial charge is 0.382 e. The summed E-state index contributed by atoms with van der Waals surface area (Å²) in [5, 5.41) is 13.8. The minimum atomic E-state index is -0.608. The van der Waals surface area contributed by atoms with Crippen molar-refractivity contribution in [1.29, 1.82) is 5.41 Å². The molecule has 1 amide bonds. The zero-order valence-electron chi connectivity index (χ0n) is 18.5. The summed E-state index contributed by atoms with van der Waals surface area (Å²) in [6.07, 6.45) is 4.06. The molecule has 2 heterocycles. The molecule has 3 rings (SSSR count). The molecule has 0 bridgehead atoms. The zero-order valence-corrected chi connectivity index (χ0v) is 18.5. The van der Waals surface area contributed by atoms with Crippen LogP contribution in [0.15, 0.2) is 24.3 Å². The van der Waals surface area contributed by atoms with Crippen molar-refractivity contribution < 1.29 is 4.79 Å². The van der Waals surface area contributed by atoms with Crippen molar-refractivity contribution in [3.05, 3.63) is 30.1 Å². The number of unbranched alkanes of at least 4 members (excludes halogenated alkanes) is 1. The fraction of sp³-hybridized carbons (Fsp3) is 0.455. The van der Waals surface area contributed by atoms with Gasteiger partial charge in [-0.2, -0.15) is 0 Å². The van der Waals surface area contributed by atoms with Gasteiger partial charge in [-0.3, -0.25) is 10.2 Å². The van der Waals surface area contributed by atoms with E-state index in [0.717, 1.165) is 41.5 Å². The SMILES string of the molecule is CCCCc1nc2c(N)nc3ccccc3c2n1CCNC(=O)[C@@H](N)CCCNC(=N)N. The predicted octanol–water partition coefficient (Wildman–Crippen LogP) is 1.22. The number of nitrogens with one attached hydrogen (secondary N) is 3. The van der Waals surface area contributed by atoms with E-state index in [1.165, 1.54) is 0 Å². The highest BCUT2D eigenvalue weighted by atomic mass is 16.2. The summed E-state index contributed by atoms with van der Waals surface area (Å²) < 4.78 is 2.15. The van der Waals surface area contributed by atoms with Gasteiger partial charge >= 0.3 is 0 Å². The van der Waals surface area contributed by atoms with Gasteiger partial charge in [-0.05, 0) is 25.3 Å². The lowest BCUT2D eigenvalue weighted by atomic mass is 10.1. The van der Waals surface area contributed by atoms with E-state index in [2.05, 4.69) is 27.1 Å². The third kappa shape index (κ3) is 5.44. The normalized spacial score (nSPS) is 12.2. The van der Waals surface area contributed by atoms with Crippen molar-refractivity contribution in [1.82, 2.24) is 25.2 Å². The number of nitrogens with two attached hydrogens (primary N) is 3. The third-order valence-corrected chi connectivity index (χ3v) is 5.42. The van der Waals surface area contributed by atoms with Crippen LogP contribution in [0.4, 0.5) is 5.82 Å². The summed E-state index contributed by atoms with van der Waals surface area (Å²) in [5.41, 5.74) is 20.0. The van der Waals surface area contributed by atoms with Gasteiger partial charge in [-0.1, -0.05) is 31.5 Å². The Balaban J connectivity index is 1.74. The molecule has 1 atom stereocenters. The topological polar surface area (TPSA) is 174 Å². The van der Waals surface area contributed by atoms with Gasteiger partial charge in [0.2, 0.25) is 5.91 Å².